The van der Waals surface area contributed by atoms with Crippen LogP contribution in [0.15, 0.2) is 0 Å². The van der Waals surface area contributed by atoms with E-state index in [-0.39, 0.29) is 11.9 Å². The maximum absolute atomic E-state index is 12.0. The van der Waals surface area contributed by atoms with Gasteiger partial charge in [-0.25, -0.2) is 0 Å². The van der Waals surface area contributed by atoms with Gasteiger partial charge in [0.25, 0.3) is 0 Å². The monoisotopic (exact) mass is 242 g/mol. The van der Waals surface area contributed by atoms with E-state index in [1.54, 1.807) is 7.11 Å². The second-order valence-corrected chi connectivity index (χ2v) is 4.92. The molecule has 100 valence electrons. The van der Waals surface area contributed by atoms with Crippen molar-refractivity contribution in [2.24, 2.45) is 11.7 Å². The second-order valence-electron chi connectivity index (χ2n) is 4.92. The molecule has 1 amide bonds. The van der Waals surface area contributed by atoms with Crippen LogP contribution in [-0.2, 0) is 9.53 Å². The van der Waals surface area contributed by atoms with Gasteiger partial charge >= 0.3 is 0 Å². The Balaban J connectivity index is 2.27. The highest BCUT2D eigenvalue weighted by Crippen LogP contribution is 2.20. The van der Waals surface area contributed by atoms with Crippen LogP contribution >= 0.6 is 0 Å². The van der Waals surface area contributed by atoms with Gasteiger partial charge < -0.3 is 15.4 Å². The third-order valence-electron chi connectivity index (χ3n) is 3.68. The number of carbonyl (C=O) groups excluding carboxylic acids is 1. The Morgan fingerprint density at radius 2 is 2.12 bits per heavy atom. The maximum atomic E-state index is 12.0. The van der Waals surface area contributed by atoms with Crippen molar-refractivity contribution in [3.63, 3.8) is 0 Å². The van der Waals surface area contributed by atoms with E-state index in [4.69, 9.17) is 10.5 Å². The highest BCUT2D eigenvalue weighted by molar-refractivity contribution is 5.81. The van der Waals surface area contributed by atoms with Gasteiger partial charge in [0.15, 0.2) is 0 Å². The highest BCUT2D eigenvalue weighted by Gasteiger charge is 2.25. The van der Waals surface area contributed by atoms with Crippen LogP contribution in [0.25, 0.3) is 0 Å². The van der Waals surface area contributed by atoms with Crippen molar-refractivity contribution in [2.75, 3.05) is 26.8 Å². The van der Waals surface area contributed by atoms with Crippen LogP contribution in [0.3, 0.4) is 0 Å². The van der Waals surface area contributed by atoms with E-state index < -0.39 is 0 Å². The van der Waals surface area contributed by atoms with Gasteiger partial charge in [-0.1, -0.05) is 13.3 Å². The van der Waals surface area contributed by atoms with Crippen molar-refractivity contribution in [1.29, 1.82) is 0 Å². The van der Waals surface area contributed by atoms with E-state index in [0.717, 1.165) is 44.7 Å². The van der Waals surface area contributed by atoms with Gasteiger partial charge in [-0.15, -0.1) is 0 Å². The summed E-state index contributed by atoms with van der Waals surface area (Å²) in [7, 11) is 1.67. The first-order chi connectivity index (χ1) is 8.19. The van der Waals surface area contributed by atoms with E-state index in [1.807, 2.05) is 4.90 Å². The second kappa shape index (κ2) is 7.67. The number of hydrogen-bond acceptors (Lipinski definition) is 3. The molecule has 1 rings (SSSR count). The lowest BCUT2D eigenvalue weighted by molar-refractivity contribution is -0.134. The van der Waals surface area contributed by atoms with E-state index in [1.165, 1.54) is 6.42 Å². The molecule has 1 heterocycles. The highest BCUT2D eigenvalue weighted by atomic mass is 16.5. The van der Waals surface area contributed by atoms with Gasteiger partial charge in [0, 0.05) is 26.8 Å². The van der Waals surface area contributed by atoms with Gasteiger partial charge in [-0.3, -0.25) is 4.79 Å². The lowest BCUT2D eigenvalue weighted by Gasteiger charge is -2.33. The molecule has 1 atom stereocenters. The molecule has 0 aromatic heterocycles. The number of likely N-dealkylation sites (tertiary alicyclic amines) is 1. The van der Waals surface area contributed by atoms with Crippen LogP contribution < -0.4 is 5.73 Å². The molecule has 0 aromatic carbocycles. The van der Waals surface area contributed by atoms with E-state index >= 15 is 0 Å². The SMILES string of the molecule is CCC1CCN(C(=O)C(N)CCCOC)CC1. The van der Waals surface area contributed by atoms with Crippen LogP contribution in [0, 0.1) is 5.92 Å². The van der Waals surface area contributed by atoms with Crippen LogP contribution in [0.5, 0.6) is 0 Å². The zero-order valence-electron chi connectivity index (χ0n) is 11.2. The van der Waals surface area contributed by atoms with Crippen molar-refractivity contribution >= 4 is 5.91 Å². The third kappa shape index (κ3) is 4.64. The molecule has 1 fully saturated rings. The molecule has 0 aliphatic carbocycles. The Labute approximate surface area is 104 Å². The summed E-state index contributed by atoms with van der Waals surface area (Å²) in [5.41, 5.74) is 5.91. The molecule has 0 spiro atoms. The maximum Gasteiger partial charge on any atom is 0.239 e. The molecule has 0 bridgehead atoms. The molecule has 0 radical (unpaired) electrons. The topological polar surface area (TPSA) is 55.6 Å². The number of hydrogen-bond donors (Lipinski definition) is 1. The van der Waals surface area contributed by atoms with E-state index in [9.17, 15) is 4.79 Å². The van der Waals surface area contributed by atoms with E-state index in [2.05, 4.69) is 6.92 Å². The average Bonchev–Trinajstić information content (AvgIpc) is 2.38. The van der Waals surface area contributed by atoms with Crippen LogP contribution in [0.2, 0.25) is 0 Å². The van der Waals surface area contributed by atoms with Crippen molar-refractivity contribution in [1.82, 2.24) is 4.90 Å². The molecule has 1 unspecified atom stereocenters. The molecular formula is C13H26N2O2. The van der Waals surface area contributed by atoms with Crippen molar-refractivity contribution in [3.8, 4) is 0 Å². The summed E-state index contributed by atoms with van der Waals surface area (Å²) in [6.45, 7) is 4.67. The molecule has 1 saturated heterocycles. The average molecular weight is 242 g/mol. The number of amides is 1. The molecule has 4 heteroatoms. The Morgan fingerprint density at radius 3 is 2.65 bits per heavy atom. The molecule has 17 heavy (non-hydrogen) atoms. The number of nitrogens with zero attached hydrogens (tertiary/aromatic N) is 1. The normalized spacial score (nSPS) is 19.4. The number of carbonyl (C=O) groups is 1. The predicted octanol–water partition coefficient (Wildman–Crippen LogP) is 1.39. The quantitative estimate of drug-likeness (QED) is 0.716. The van der Waals surface area contributed by atoms with Crippen molar-refractivity contribution in [2.45, 2.75) is 45.1 Å². The summed E-state index contributed by atoms with van der Waals surface area (Å²) in [6.07, 6.45) is 5.07. The minimum Gasteiger partial charge on any atom is -0.385 e. The van der Waals surface area contributed by atoms with Crippen LogP contribution in [0.4, 0.5) is 0 Å². The predicted molar refractivity (Wildman–Crippen MR) is 68.7 cm³/mol. The minimum absolute atomic E-state index is 0.121. The summed E-state index contributed by atoms with van der Waals surface area (Å²) in [5, 5.41) is 0. The first-order valence-electron chi connectivity index (χ1n) is 6.72. The van der Waals surface area contributed by atoms with Gasteiger partial charge in [-0.2, -0.15) is 0 Å². The number of methoxy groups -OCH3 is 1. The fourth-order valence-corrected chi connectivity index (χ4v) is 2.37. The first kappa shape index (κ1) is 14.5. The summed E-state index contributed by atoms with van der Waals surface area (Å²) in [5.74, 6) is 0.916. The van der Waals surface area contributed by atoms with Gasteiger partial charge in [-0.05, 0) is 31.6 Å². The third-order valence-corrected chi connectivity index (χ3v) is 3.68. The lowest BCUT2D eigenvalue weighted by atomic mass is 9.94. The molecular weight excluding hydrogens is 216 g/mol. The molecule has 1 aliphatic heterocycles. The Bertz CT molecular complexity index is 225. The number of piperidine rings is 1. The fraction of sp³-hybridized carbons (Fsp3) is 0.923. The molecule has 0 saturated carbocycles. The summed E-state index contributed by atoms with van der Waals surface area (Å²) in [4.78, 5) is 14.0. The summed E-state index contributed by atoms with van der Waals surface area (Å²) >= 11 is 0. The molecule has 2 N–H and O–H groups in total. The fourth-order valence-electron chi connectivity index (χ4n) is 2.37. The number of rotatable bonds is 6. The molecule has 1 aliphatic rings. The summed E-state index contributed by atoms with van der Waals surface area (Å²) in [6, 6.07) is -0.344. The minimum atomic E-state index is -0.344. The lowest BCUT2D eigenvalue weighted by Crippen LogP contribution is -2.47. The van der Waals surface area contributed by atoms with Gasteiger partial charge in [0.2, 0.25) is 5.91 Å². The number of nitrogens with two attached hydrogens (primary N) is 1. The zero-order valence-corrected chi connectivity index (χ0v) is 11.2. The van der Waals surface area contributed by atoms with Crippen LogP contribution in [-0.4, -0.2) is 43.7 Å². The largest absolute Gasteiger partial charge is 0.385 e. The standard InChI is InChI=1S/C13H26N2O2/c1-3-11-6-8-15(9-7-11)13(16)12(14)5-4-10-17-2/h11-12H,3-10,14H2,1-2H3. The Morgan fingerprint density at radius 1 is 1.47 bits per heavy atom. The Kier molecular flexibility index (Phi) is 6.52. The smallest absolute Gasteiger partial charge is 0.239 e. The summed E-state index contributed by atoms with van der Waals surface area (Å²) < 4.78 is 4.97. The van der Waals surface area contributed by atoms with Crippen molar-refractivity contribution < 1.29 is 9.53 Å². The zero-order chi connectivity index (χ0) is 12.7. The Hall–Kier alpha value is -0.610. The first-order valence-corrected chi connectivity index (χ1v) is 6.72. The number of ether oxygens (including phenoxy) is 1. The molecule has 0 aromatic rings. The van der Waals surface area contributed by atoms with Crippen molar-refractivity contribution in [3.05, 3.63) is 0 Å². The molecule has 4 nitrogen and oxygen atoms in total. The van der Waals surface area contributed by atoms with Gasteiger partial charge in [0.1, 0.15) is 0 Å². The van der Waals surface area contributed by atoms with Crippen LogP contribution in [0.1, 0.15) is 39.0 Å². The van der Waals surface area contributed by atoms with E-state index in [0.29, 0.717) is 6.61 Å². The van der Waals surface area contributed by atoms with Gasteiger partial charge in [0.05, 0.1) is 6.04 Å².